The molecule has 0 fully saturated rings. The molecule has 0 amide bonds. The molecule has 1 aromatic carbocycles. The maximum Gasteiger partial charge on any atom is 0.147 e. The first-order valence-corrected chi connectivity index (χ1v) is 8.23. The Balaban J connectivity index is 2.52. The minimum absolute atomic E-state index is 0.735. The molecule has 0 atom stereocenters. The fourth-order valence-electron chi connectivity index (χ4n) is 1.68. The van der Waals surface area contributed by atoms with Crippen molar-refractivity contribution in [2.45, 2.75) is 26.3 Å². The molecule has 0 saturated heterocycles. The molecule has 0 unspecified atom stereocenters. The van der Waals surface area contributed by atoms with E-state index in [0.717, 1.165) is 53.8 Å². The molecule has 5 heteroatoms. The normalized spacial score (nSPS) is 10.7. The maximum absolute atomic E-state index is 5.71. The van der Waals surface area contributed by atoms with Crippen LogP contribution < -0.4 is 15.4 Å². The highest BCUT2D eigenvalue weighted by molar-refractivity contribution is 9.11. The molecule has 2 N–H and O–H groups in total. The van der Waals surface area contributed by atoms with Gasteiger partial charge in [0.25, 0.3) is 0 Å². The molecule has 0 aliphatic rings. The fourth-order valence-corrected chi connectivity index (χ4v) is 3.19. The van der Waals surface area contributed by atoms with Gasteiger partial charge in [0, 0.05) is 6.54 Å². The van der Waals surface area contributed by atoms with Crippen molar-refractivity contribution in [1.29, 1.82) is 0 Å². The molecule has 1 rings (SSSR count). The smallest absolute Gasteiger partial charge is 0.147 e. The van der Waals surface area contributed by atoms with E-state index in [0.29, 0.717) is 0 Å². The lowest BCUT2D eigenvalue weighted by atomic mass is 10.2. The number of hydrogen-bond acceptors (Lipinski definition) is 3. The molecule has 19 heavy (non-hydrogen) atoms. The van der Waals surface area contributed by atoms with Gasteiger partial charge in [0.2, 0.25) is 0 Å². The van der Waals surface area contributed by atoms with Crippen LogP contribution in [0, 0.1) is 0 Å². The quantitative estimate of drug-likeness (QED) is 0.627. The molecule has 0 aliphatic heterocycles. The average molecular weight is 394 g/mol. The van der Waals surface area contributed by atoms with Gasteiger partial charge in [-0.05, 0) is 82.5 Å². The van der Waals surface area contributed by atoms with E-state index in [1.165, 1.54) is 5.56 Å². The van der Waals surface area contributed by atoms with E-state index < -0.39 is 0 Å². The van der Waals surface area contributed by atoms with Crippen LogP contribution in [-0.2, 0) is 6.54 Å². The minimum atomic E-state index is 0.735. The van der Waals surface area contributed by atoms with Gasteiger partial charge in [-0.15, -0.1) is 0 Å². The molecule has 0 bridgehead atoms. The third-order valence-corrected chi connectivity index (χ3v) is 3.80. The van der Waals surface area contributed by atoms with Gasteiger partial charge in [-0.25, -0.2) is 0 Å². The molecule has 0 spiro atoms. The summed E-state index contributed by atoms with van der Waals surface area (Å²) >= 11 is 7.14. The third kappa shape index (κ3) is 6.25. The Kier molecular flexibility index (Phi) is 8.70. The summed E-state index contributed by atoms with van der Waals surface area (Å²) in [6.07, 6.45) is 2.14. The van der Waals surface area contributed by atoms with Crippen LogP contribution in [0.3, 0.4) is 0 Å². The molecule has 108 valence electrons. The SMILES string of the molecule is CCCOc1c(Br)cc(CNCCCNC)cc1Br. The standard InChI is InChI=1S/C14H22Br2N2O/c1-3-7-19-14-12(15)8-11(9-13(14)16)10-18-6-4-5-17-2/h8-9,17-18H,3-7,10H2,1-2H3. The van der Waals surface area contributed by atoms with Crippen LogP contribution in [-0.4, -0.2) is 26.7 Å². The summed E-state index contributed by atoms with van der Waals surface area (Å²) in [5.41, 5.74) is 1.24. The first kappa shape index (κ1) is 17.0. The lowest BCUT2D eigenvalue weighted by Gasteiger charge is -2.12. The molecule has 0 aliphatic carbocycles. The number of benzene rings is 1. The molecule has 0 saturated carbocycles. The van der Waals surface area contributed by atoms with Crippen molar-refractivity contribution >= 4 is 31.9 Å². The fraction of sp³-hybridized carbons (Fsp3) is 0.571. The van der Waals surface area contributed by atoms with E-state index in [1.54, 1.807) is 0 Å². The van der Waals surface area contributed by atoms with Crippen molar-refractivity contribution < 1.29 is 4.74 Å². The second-order valence-electron chi connectivity index (χ2n) is 4.37. The Morgan fingerprint density at radius 2 is 1.84 bits per heavy atom. The molecule has 0 heterocycles. The maximum atomic E-state index is 5.71. The van der Waals surface area contributed by atoms with Crippen LogP contribution in [0.5, 0.6) is 5.75 Å². The Labute approximate surface area is 132 Å². The summed E-state index contributed by atoms with van der Waals surface area (Å²) in [5, 5.41) is 6.57. The monoisotopic (exact) mass is 392 g/mol. The number of hydrogen-bond donors (Lipinski definition) is 2. The molecule has 0 aromatic heterocycles. The van der Waals surface area contributed by atoms with Crippen molar-refractivity contribution in [3.8, 4) is 5.75 Å². The molecular weight excluding hydrogens is 372 g/mol. The number of nitrogens with one attached hydrogen (secondary N) is 2. The third-order valence-electron chi connectivity index (χ3n) is 2.62. The zero-order valence-electron chi connectivity index (χ0n) is 11.6. The predicted octanol–water partition coefficient (Wildman–Crippen LogP) is 3.70. The van der Waals surface area contributed by atoms with Crippen LogP contribution in [0.4, 0.5) is 0 Å². The van der Waals surface area contributed by atoms with Crippen LogP contribution >= 0.6 is 31.9 Å². The van der Waals surface area contributed by atoms with Crippen molar-refractivity contribution in [3.05, 3.63) is 26.6 Å². The molecule has 3 nitrogen and oxygen atoms in total. The molecule has 1 aromatic rings. The van der Waals surface area contributed by atoms with Crippen molar-refractivity contribution in [1.82, 2.24) is 10.6 Å². The lowest BCUT2D eigenvalue weighted by Crippen LogP contribution is -2.19. The van der Waals surface area contributed by atoms with E-state index >= 15 is 0 Å². The Hall–Kier alpha value is -0.100. The first-order chi connectivity index (χ1) is 9.19. The van der Waals surface area contributed by atoms with Crippen molar-refractivity contribution in [2.75, 3.05) is 26.7 Å². The summed E-state index contributed by atoms with van der Waals surface area (Å²) in [5.74, 6) is 0.890. The highest BCUT2D eigenvalue weighted by Crippen LogP contribution is 2.34. The molecule has 0 radical (unpaired) electrons. The summed E-state index contributed by atoms with van der Waals surface area (Å²) in [4.78, 5) is 0. The predicted molar refractivity (Wildman–Crippen MR) is 87.9 cm³/mol. The average Bonchev–Trinajstić information content (AvgIpc) is 2.38. The van der Waals surface area contributed by atoms with Gasteiger partial charge in [0.15, 0.2) is 0 Å². The van der Waals surface area contributed by atoms with E-state index in [2.05, 4.69) is 61.5 Å². The number of halogens is 2. The molecular formula is C14H22Br2N2O. The van der Waals surface area contributed by atoms with Crippen LogP contribution in [0.25, 0.3) is 0 Å². The van der Waals surface area contributed by atoms with Crippen LogP contribution in [0.2, 0.25) is 0 Å². The van der Waals surface area contributed by atoms with E-state index in [4.69, 9.17) is 4.74 Å². The minimum Gasteiger partial charge on any atom is -0.491 e. The van der Waals surface area contributed by atoms with Crippen molar-refractivity contribution in [3.63, 3.8) is 0 Å². The van der Waals surface area contributed by atoms with Gasteiger partial charge in [-0.3, -0.25) is 0 Å². The second-order valence-corrected chi connectivity index (χ2v) is 6.08. The van der Waals surface area contributed by atoms with Crippen molar-refractivity contribution in [2.24, 2.45) is 0 Å². The van der Waals surface area contributed by atoms with Crippen LogP contribution in [0.15, 0.2) is 21.1 Å². The van der Waals surface area contributed by atoms with Gasteiger partial charge < -0.3 is 15.4 Å². The zero-order chi connectivity index (χ0) is 14.1. The van der Waals surface area contributed by atoms with Gasteiger partial charge in [0.1, 0.15) is 5.75 Å². The van der Waals surface area contributed by atoms with Gasteiger partial charge in [-0.1, -0.05) is 6.92 Å². The van der Waals surface area contributed by atoms with Crippen LogP contribution in [0.1, 0.15) is 25.3 Å². The largest absolute Gasteiger partial charge is 0.491 e. The Morgan fingerprint density at radius 1 is 1.16 bits per heavy atom. The van der Waals surface area contributed by atoms with Gasteiger partial charge >= 0.3 is 0 Å². The first-order valence-electron chi connectivity index (χ1n) is 6.65. The zero-order valence-corrected chi connectivity index (χ0v) is 14.7. The Morgan fingerprint density at radius 3 is 2.42 bits per heavy atom. The van der Waals surface area contributed by atoms with E-state index in [9.17, 15) is 0 Å². The summed E-state index contributed by atoms with van der Waals surface area (Å²) in [6, 6.07) is 4.22. The van der Waals surface area contributed by atoms with E-state index in [1.807, 2.05) is 7.05 Å². The second kappa shape index (κ2) is 9.75. The Bertz CT molecular complexity index is 363. The summed E-state index contributed by atoms with van der Waals surface area (Å²) < 4.78 is 7.71. The number of rotatable bonds is 9. The highest BCUT2D eigenvalue weighted by atomic mass is 79.9. The van der Waals surface area contributed by atoms with Gasteiger partial charge in [0.05, 0.1) is 15.6 Å². The summed E-state index contributed by atoms with van der Waals surface area (Å²) in [7, 11) is 1.98. The number of ether oxygens (including phenoxy) is 1. The highest BCUT2D eigenvalue weighted by Gasteiger charge is 2.08. The summed E-state index contributed by atoms with van der Waals surface area (Å²) in [6.45, 7) is 5.77. The topological polar surface area (TPSA) is 33.3 Å². The van der Waals surface area contributed by atoms with Gasteiger partial charge in [-0.2, -0.15) is 0 Å². The van der Waals surface area contributed by atoms with E-state index in [-0.39, 0.29) is 0 Å². The lowest BCUT2D eigenvalue weighted by molar-refractivity contribution is 0.313.